The molecule has 0 aliphatic carbocycles. The largest absolute Gasteiger partial charge is 0.358 e. The van der Waals surface area contributed by atoms with E-state index in [0.29, 0.717) is 10.0 Å². The lowest BCUT2D eigenvalue weighted by Gasteiger charge is -2.30. The van der Waals surface area contributed by atoms with Crippen LogP contribution in [-0.4, -0.2) is 13.0 Å². The fraction of sp³-hybridized carbons (Fsp3) is 0.462. The molecule has 0 aliphatic rings. The van der Waals surface area contributed by atoms with E-state index in [0.717, 1.165) is 18.4 Å². The molecule has 1 aromatic carbocycles. The Hall–Kier alpha value is -0.730. The third-order valence-electron chi connectivity index (χ3n) is 3.34. The van der Waals surface area contributed by atoms with Gasteiger partial charge >= 0.3 is 0 Å². The number of amides is 1. The van der Waals surface area contributed by atoms with Crippen LogP contribution in [0.4, 0.5) is 0 Å². The zero-order valence-electron chi connectivity index (χ0n) is 10.3. The SMILES string of the molecule is CCC(CC)(C(=O)NC)c1ccc(Cl)c(Cl)c1. The van der Waals surface area contributed by atoms with Crippen LogP contribution in [0.5, 0.6) is 0 Å². The van der Waals surface area contributed by atoms with Gasteiger partial charge in [0.05, 0.1) is 15.5 Å². The van der Waals surface area contributed by atoms with Crippen molar-refractivity contribution in [3.8, 4) is 0 Å². The summed E-state index contributed by atoms with van der Waals surface area (Å²) in [6.07, 6.45) is 1.45. The number of benzene rings is 1. The number of hydrogen-bond donors (Lipinski definition) is 1. The number of nitrogens with one attached hydrogen (secondary N) is 1. The van der Waals surface area contributed by atoms with Gasteiger partial charge in [0.2, 0.25) is 5.91 Å². The Bertz CT molecular complexity index is 414. The monoisotopic (exact) mass is 273 g/mol. The molecule has 17 heavy (non-hydrogen) atoms. The van der Waals surface area contributed by atoms with Gasteiger partial charge < -0.3 is 5.32 Å². The highest BCUT2D eigenvalue weighted by Crippen LogP contribution is 2.35. The molecule has 0 saturated carbocycles. The van der Waals surface area contributed by atoms with Crippen molar-refractivity contribution in [1.82, 2.24) is 5.32 Å². The summed E-state index contributed by atoms with van der Waals surface area (Å²) in [4.78, 5) is 12.1. The van der Waals surface area contributed by atoms with Crippen molar-refractivity contribution in [1.29, 1.82) is 0 Å². The summed E-state index contributed by atoms with van der Waals surface area (Å²) >= 11 is 11.9. The molecule has 1 rings (SSSR count). The molecule has 0 radical (unpaired) electrons. The highest BCUT2D eigenvalue weighted by molar-refractivity contribution is 6.42. The Kier molecular flexibility index (Phi) is 4.84. The van der Waals surface area contributed by atoms with Gasteiger partial charge in [-0.2, -0.15) is 0 Å². The van der Waals surface area contributed by atoms with Gasteiger partial charge in [-0.15, -0.1) is 0 Å². The van der Waals surface area contributed by atoms with Crippen molar-refractivity contribution < 1.29 is 4.79 Å². The number of likely N-dealkylation sites (N-methyl/N-ethyl adjacent to an activating group) is 1. The van der Waals surface area contributed by atoms with Gasteiger partial charge in [0.1, 0.15) is 0 Å². The third kappa shape index (κ3) is 2.58. The van der Waals surface area contributed by atoms with Crippen LogP contribution >= 0.6 is 23.2 Å². The quantitative estimate of drug-likeness (QED) is 0.889. The first kappa shape index (κ1) is 14.3. The summed E-state index contributed by atoms with van der Waals surface area (Å²) in [5, 5.41) is 3.72. The molecule has 0 fully saturated rings. The second-order valence-electron chi connectivity index (χ2n) is 4.00. The van der Waals surface area contributed by atoms with Gasteiger partial charge in [-0.3, -0.25) is 4.79 Å². The van der Waals surface area contributed by atoms with Gasteiger partial charge in [-0.05, 0) is 30.5 Å². The predicted molar refractivity (Wildman–Crippen MR) is 72.8 cm³/mol. The molecule has 4 heteroatoms. The zero-order valence-corrected chi connectivity index (χ0v) is 11.8. The van der Waals surface area contributed by atoms with Crippen LogP contribution < -0.4 is 5.32 Å². The summed E-state index contributed by atoms with van der Waals surface area (Å²) in [5.74, 6) is 0.0147. The summed E-state index contributed by atoms with van der Waals surface area (Å²) in [5.41, 5.74) is 0.388. The molecular formula is C13H17Cl2NO. The van der Waals surface area contributed by atoms with Crippen LogP contribution in [0.15, 0.2) is 18.2 Å². The van der Waals surface area contributed by atoms with E-state index in [9.17, 15) is 4.79 Å². The maximum absolute atomic E-state index is 12.1. The maximum atomic E-state index is 12.1. The first-order chi connectivity index (χ1) is 8.01. The predicted octanol–water partition coefficient (Wildman–Crippen LogP) is 3.80. The smallest absolute Gasteiger partial charge is 0.230 e. The molecule has 0 saturated heterocycles. The Morgan fingerprint density at radius 2 is 1.82 bits per heavy atom. The molecule has 0 heterocycles. The van der Waals surface area contributed by atoms with E-state index in [-0.39, 0.29) is 5.91 Å². The number of carbonyl (C=O) groups excluding carboxylic acids is 1. The van der Waals surface area contributed by atoms with Gasteiger partial charge in [0, 0.05) is 7.05 Å². The van der Waals surface area contributed by atoms with Gasteiger partial charge in [-0.1, -0.05) is 43.1 Å². The number of hydrogen-bond acceptors (Lipinski definition) is 1. The van der Waals surface area contributed by atoms with Crippen molar-refractivity contribution in [3.05, 3.63) is 33.8 Å². The minimum absolute atomic E-state index is 0.0147. The topological polar surface area (TPSA) is 29.1 Å². The molecule has 0 atom stereocenters. The normalized spacial score (nSPS) is 11.4. The highest BCUT2D eigenvalue weighted by atomic mass is 35.5. The second-order valence-corrected chi connectivity index (χ2v) is 4.81. The molecule has 0 aromatic heterocycles. The van der Waals surface area contributed by atoms with Crippen LogP contribution in [0.1, 0.15) is 32.3 Å². The molecule has 94 valence electrons. The number of rotatable bonds is 4. The fourth-order valence-corrected chi connectivity index (χ4v) is 2.44. The molecule has 0 spiro atoms. The number of carbonyl (C=O) groups is 1. The summed E-state index contributed by atoms with van der Waals surface area (Å²) in [6.45, 7) is 4.00. The van der Waals surface area contributed by atoms with Crippen LogP contribution in [0, 0.1) is 0 Å². The maximum Gasteiger partial charge on any atom is 0.230 e. The van der Waals surface area contributed by atoms with Crippen LogP contribution in [0.2, 0.25) is 10.0 Å². The fourth-order valence-electron chi connectivity index (χ4n) is 2.14. The molecule has 2 nitrogen and oxygen atoms in total. The van der Waals surface area contributed by atoms with E-state index in [1.165, 1.54) is 0 Å². The van der Waals surface area contributed by atoms with Gasteiger partial charge in [0.25, 0.3) is 0 Å². The van der Waals surface area contributed by atoms with Crippen molar-refractivity contribution in [2.24, 2.45) is 0 Å². The summed E-state index contributed by atoms with van der Waals surface area (Å²) in [7, 11) is 1.65. The van der Waals surface area contributed by atoms with Gasteiger partial charge in [0.15, 0.2) is 0 Å². The Morgan fingerprint density at radius 3 is 2.24 bits per heavy atom. The molecule has 0 bridgehead atoms. The molecule has 1 amide bonds. The van der Waals surface area contributed by atoms with Gasteiger partial charge in [-0.25, -0.2) is 0 Å². The average Bonchev–Trinajstić information content (AvgIpc) is 2.35. The molecule has 1 N–H and O–H groups in total. The van der Waals surface area contributed by atoms with Crippen LogP contribution in [0.25, 0.3) is 0 Å². The van der Waals surface area contributed by atoms with Crippen molar-refractivity contribution in [2.45, 2.75) is 32.1 Å². The Labute approximate surface area is 112 Å². The van der Waals surface area contributed by atoms with Crippen LogP contribution in [0.3, 0.4) is 0 Å². The van der Waals surface area contributed by atoms with Crippen molar-refractivity contribution >= 4 is 29.1 Å². The third-order valence-corrected chi connectivity index (χ3v) is 4.08. The standard InChI is InChI=1S/C13H17Cl2NO/c1-4-13(5-2,12(17)16-3)9-6-7-10(14)11(15)8-9/h6-8H,4-5H2,1-3H3,(H,16,17). The average molecular weight is 274 g/mol. The minimum Gasteiger partial charge on any atom is -0.358 e. The van der Waals surface area contributed by atoms with Crippen molar-refractivity contribution in [2.75, 3.05) is 7.05 Å². The zero-order chi connectivity index (χ0) is 13.1. The first-order valence-electron chi connectivity index (χ1n) is 5.69. The Balaban J connectivity index is 3.31. The lowest BCUT2D eigenvalue weighted by Crippen LogP contribution is -2.42. The van der Waals surface area contributed by atoms with Crippen molar-refractivity contribution in [3.63, 3.8) is 0 Å². The molecule has 1 aromatic rings. The first-order valence-corrected chi connectivity index (χ1v) is 6.45. The molecule has 0 aliphatic heterocycles. The molecular weight excluding hydrogens is 257 g/mol. The summed E-state index contributed by atoms with van der Waals surface area (Å²) in [6, 6.07) is 5.39. The van der Waals surface area contributed by atoms with Crippen LogP contribution in [-0.2, 0) is 10.2 Å². The summed E-state index contributed by atoms with van der Waals surface area (Å²) < 4.78 is 0. The highest BCUT2D eigenvalue weighted by Gasteiger charge is 2.36. The van der Waals surface area contributed by atoms with E-state index in [2.05, 4.69) is 5.32 Å². The Morgan fingerprint density at radius 1 is 1.24 bits per heavy atom. The lowest BCUT2D eigenvalue weighted by atomic mass is 9.75. The molecule has 0 unspecified atom stereocenters. The van der Waals surface area contributed by atoms with E-state index in [1.54, 1.807) is 19.2 Å². The number of halogens is 2. The second kappa shape index (κ2) is 5.74. The van der Waals surface area contributed by atoms with E-state index in [4.69, 9.17) is 23.2 Å². The van der Waals surface area contributed by atoms with E-state index < -0.39 is 5.41 Å². The van der Waals surface area contributed by atoms with E-state index in [1.807, 2.05) is 19.9 Å². The minimum atomic E-state index is -0.525. The lowest BCUT2D eigenvalue weighted by molar-refractivity contribution is -0.126. The van der Waals surface area contributed by atoms with E-state index >= 15 is 0 Å².